The van der Waals surface area contributed by atoms with E-state index < -0.39 is 11.9 Å². The molecule has 284 valence electrons. The zero-order valence-electron chi connectivity index (χ0n) is 30.4. The zero-order valence-corrected chi connectivity index (χ0v) is 30.4. The molecule has 11 heteroatoms. The third kappa shape index (κ3) is 6.53. The first-order chi connectivity index (χ1) is 24.6. The van der Waals surface area contributed by atoms with Crippen LogP contribution in [0.1, 0.15) is 97.3 Å². The molecule has 51 heavy (non-hydrogen) atoms. The van der Waals surface area contributed by atoms with E-state index in [1.165, 1.54) is 0 Å². The Morgan fingerprint density at radius 1 is 0.765 bits per heavy atom. The quantitative estimate of drug-likeness (QED) is 0.410. The Labute approximate surface area is 302 Å². The Kier molecular flexibility index (Phi) is 9.59. The highest BCUT2D eigenvalue weighted by Crippen LogP contribution is 2.54. The van der Waals surface area contributed by atoms with Gasteiger partial charge in [0.1, 0.15) is 36.3 Å². The first-order valence-corrected chi connectivity index (χ1v) is 20.1. The summed E-state index contributed by atoms with van der Waals surface area (Å²) in [6.07, 6.45) is 6.43. The van der Waals surface area contributed by atoms with Crippen LogP contribution in [0.4, 0.5) is 0 Å². The van der Waals surface area contributed by atoms with Gasteiger partial charge in [-0.05, 0) is 73.8 Å². The van der Waals surface area contributed by atoms with Gasteiger partial charge in [0.15, 0.2) is 5.79 Å². The number of nitrogens with two attached hydrogens (primary N) is 1. The molecule has 0 saturated carbocycles. The van der Waals surface area contributed by atoms with Gasteiger partial charge < -0.3 is 48.7 Å². The zero-order chi connectivity index (χ0) is 35.2. The third-order valence-electron chi connectivity index (χ3n) is 14.2. The number of fused-ring (bicyclic) bond motifs is 6. The number of Topliss-reactive ketones (excluding diaryl/α,β-unsaturated/α-hetero) is 1. The van der Waals surface area contributed by atoms with Gasteiger partial charge in [0, 0.05) is 45.1 Å². The maximum atomic E-state index is 14.0. The molecule has 19 atom stereocenters. The Bertz CT molecular complexity index is 1360. The van der Waals surface area contributed by atoms with Gasteiger partial charge >= 0.3 is 0 Å². The fourth-order valence-corrected chi connectivity index (χ4v) is 11.3. The number of aliphatic hydroxyl groups excluding tert-OH is 1. The van der Waals surface area contributed by atoms with E-state index >= 15 is 0 Å². The summed E-state index contributed by atoms with van der Waals surface area (Å²) in [5.74, 6) is -0.222. The molecule has 10 heterocycles. The second kappa shape index (κ2) is 13.8. The molecule has 0 radical (unpaired) electrons. The minimum Gasteiger partial charge on any atom is -0.392 e. The number of ether oxygens (including phenoxy) is 8. The molecule has 0 aromatic rings. The lowest BCUT2D eigenvalue weighted by atomic mass is 9.78. The largest absolute Gasteiger partial charge is 0.392 e. The van der Waals surface area contributed by atoms with E-state index in [1.807, 2.05) is 0 Å². The van der Waals surface area contributed by atoms with Crippen molar-refractivity contribution < 1.29 is 47.8 Å². The van der Waals surface area contributed by atoms with Crippen molar-refractivity contribution in [1.29, 1.82) is 0 Å². The van der Waals surface area contributed by atoms with Crippen LogP contribution in [-0.4, -0.2) is 115 Å². The van der Waals surface area contributed by atoms with Crippen molar-refractivity contribution in [1.82, 2.24) is 0 Å². The number of aliphatic hydroxyl groups is 1. The van der Waals surface area contributed by atoms with E-state index in [1.54, 1.807) is 0 Å². The summed E-state index contributed by atoms with van der Waals surface area (Å²) in [7, 11) is 0. The summed E-state index contributed by atoms with van der Waals surface area (Å²) in [6, 6.07) is 0. The van der Waals surface area contributed by atoms with Crippen molar-refractivity contribution in [2.45, 2.75) is 195 Å². The Balaban J connectivity index is 0.986. The number of hydrogen-bond acceptors (Lipinski definition) is 11. The topological polar surface area (TPSA) is 137 Å². The molecule has 10 aliphatic heterocycles. The van der Waals surface area contributed by atoms with Gasteiger partial charge in [0.2, 0.25) is 0 Å². The van der Waals surface area contributed by atoms with Crippen LogP contribution in [0.15, 0.2) is 24.3 Å². The number of ketones is 1. The highest BCUT2D eigenvalue weighted by molar-refractivity contribution is 5.79. The van der Waals surface area contributed by atoms with Gasteiger partial charge in [0.05, 0.1) is 61.0 Å². The van der Waals surface area contributed by atoms with Gasteiger partial charge in [-0.25, -0.2) is 0 Å². The molecule has 12 bridgehead atoms. The van der Waals surface area contributed by atoms with Crippen molar-refractivity contribution >= 4 is 5.78 Å². The minimum absolute atomic E-state index is 0.00127. The molecular formula is C40H59NO10. The summed E-state index contributed by atoms with van der Waals surface area (Å²) in [5, 5.41) is 10.5. The lowest BCUT2D eigenvalue weighted by Gasteiger charge is -2.47. The first kappa shape index (κ1) is 35.5. The highest BCUT2D eigenvalue weighted by Gasteiger charge is 2.68. The lowest BCUT2D eigenvalue weighted by molar-refractivity contribution is -0.292. The van der Waals surface area contributed by atoms with Crippen molar-refractivity contribution in [3.63, 3.8) is 0 Å². The normalized spacial score (nSPS) is 53.2. The van der Waals surface area contributed by atoms with E-state index in [0.717, 1.165) is 56.1 Å². The van der Waals surface area contributed by atoms with Crippen LogP contribution in [0.3, 0.4) is 0 Å². The molecule has 10 fully saturated rings. The molecule has 10 aliphatic rings. The maximum absolute atomic E-state index is 14.0. The van der Waals surface area contributed by atoms with Gasteiger partial charge in [-0.1, -0.05) is 27.0 Å². The van der Waals surface area contributed by atoms with Crippen LogP contribution in [0.2, 0.25) is 0 Å². The van der Waals surface area contributed by atoms with Crippen molar-refractivity contribution in [2.24, 2.45) is 23.5 Å². The Morgan fingerprint density at radius 3 is 2.35 bits per heavy atom. The SMILES string of the molecule is C=C1C[C@@H]2CCC34C[C@H]5O[C@H]6[C@@H](O3)[C@H]3OC(CC[C@@H]3O[C@H]6[C@H]5O4)CC(=O)CC3[C@H](C[C@H]4O[C@@H](CCC1O2)C[C@@H](C)C4=C)O[C@H](C[C@H](O)CN)[C@@H]3C. The molecule has 0 aromatic heterocycles. The van der Waals surface area contributed by atoms with Crippen molar-refractivity contribution in [3.05, 3.63) is 24.3 Å². The number of rotatable bonds is 3. The monoisotopic (exact) mass is 713 g/mol. The lowest BCUT2D eigenvalue weighted by Crippen LogP contribution is -2.61. The molecule has 10 saturated heterocycles. The molecular weight excluding hydrogens is 654 g/mol. The van der Waals surface area contributed by atoms with E-state index in [-0.39, 0.29) is 110 Å². The van der Waals surface area contributed by atoms with Crippen LogP contribution in [-0.2, 0) is 42.7 Å². The van der Waals surface area contributed by atoms with E-state index in [9.17, 15) is 9.90 Å². The first-order valence-electron chi connectivity index (χ1n) is 20.1. The minimum atomic E-state index is -0.765. The standard InChI is InChI=1S/C40H59NO10/c1-19-11-25-5-7-29-20(2)12-27(44-29)9-10-40-17-34-36(50-40)37-38(49-34)39(51-40)35-30(48-37)8-6-26(46-35)13-23(42)14-28-22(4)31(15-24(43)18-41)47-33(28)16-32(45-25)21(19)3/h19,22,24-39,43H,2-3,5-18,41H2,1,4H3/t19-,22-,24+,25+,26?,27+,28?,29?,30+,31-,32-,33+,34-,35+,36+,37+,38-,39+,40?/m1/s1. The van der Waals surface area contributed by atoms with Gasteiger partial charge in [0.25, 0.3) is 0 Å². The van der Waals surface area contributed by atoms with Crippen LogP contribution < -0.4 is 5.73 Å². The van der Waals surface area contributed by atoms with Gasteiger partial charge in [-0.15, -0.1) is 0 Å². The van der Waals surface area contributed by atoms with Gasteiger partial charge in [-0.2, -0.15) is 0 Å². The van der Waals surface area contributed by atoms with Crippen LogP contribution in [0, 0.1) is 17.8 Å². The van der Waals surface area contributed by atoms with Gasteiger partial charge in [-0.3, -0.25) is 4.79 Å². The van der Waals surface area contributed by atoms with E-state index in [4.69, 9.17) is 43.6 Å². The molecule has 0 aliphatic carbocycles. The second-order valence-corrected chi connectivity index (χ2v) is 17.6. The van der Waals surface area contributed by atoms with Crippen LogP contribution >= 0.6 is 0 Å². The maximum Gasteiger partial charge on any atom is 0.172 e. The Morgan fingerprint density at radius 2 is 1.51 bits per heavy atom. The summed E-state index contributed by atoms with van der Waals surface area (Å²) >= 11 is 0. The predicted molar refractivity (Wildman–Crippen MR) is 185 cm³/mol. The average Bonchev–Trinajstić information content (AvgIpc) is 3.77. The number of hydrogen-bond donors (Lipinski definition) is 2. The van der Waals surface area contributed by atoms with Crippen molar-refractivity contribution in [3.8, 4) is 0 Å². The summed E-state index contributed by atoms with van der Waals surface area (Å²) in [6.45, 7) is 13.5. The molecule has 0 aromatic carbocycles. The molecule has 0 amide bonds. The summed E-state index contributed by atoms with van der Waals surface area (Å²) in [5.41, 5.74) is 8.06. The summed E-state index contributed by atoms with van der Waals surface area (Å²) in [4.78, 5) is 14.0. The average molecular weight is 714 g/mol. The fraction of sp³-hybridized carbons (Fsp3) is 0.875. The van der Waals surface area contributed by atoms with Crippen molar-refractivity contribution in [2.75, 3.05) is 6.54 Å². The molecule has 10 rings (SSSR count). The van der Waals surface area contributed by atoms with Crippen LogP contribution in [0.5, 0.6) is 0 Å². The molecule has 11 nitrogen and oxygen atoms in total. The van der Waals surface area contributed by atoms with E-state index in [2.05, 4.69) is 27.0 Å². The fourth-order valence-electron chi connectivity index (χ4n) is 11.3. The van der Waals surface area contributed by atoms with Crippen LogP contribution in [0.25, 0.3) is 0 Å². The number of carbonyl (C=O) groups is 1. The highest BCUT2D eigenvalue weighted by atomic mass is 16.8. The smallest absolute Gasteiger partial charge is 0.172 e. The summed E-state index contributed by atoms with van der Waals surface area (Å²) < 4.78 is 54.0. The third-order valence-corrected chi connectivity index (χ3v) is 14.2. The molecule has 1 spiro atoms. The Hall–Kier alpha value is -1.25. The molecule has 4 unspecified atom stereocenters. The van der Waals surface area contributed by atoms with E-state index in [0.29, 0.717) is 44.4 Å². The predicted octanol–water partition coefficient (Wildman–Crippen LogP) is 4.06. The molecule has 3 N–H and O–H groups in total. The number of carbonyl (C=O) groups excluding carboxylic acids is 1. The second-order valence-electron chi connectivity index (χ2n) is 17.6.